The number of carbonyl (C=O) groups is 1. The van der Waals surface area contributed by atoms with Crippen LogP contribution in [0.3, 0.4) is 0 Å². The highest BCUT2D eigenvalue weighted by molar-refractivity contribution is 6.32. The summed E-state index contributed by atoms with van der Waals surface area (Å²) in [7, 11) is 1.73. The Morgan fingerprint density at radius 1 is 1.38 bits per heavy atom. The third kappa shape index (κ3) is 3.89. The molecule has 1 amide bonds. The number of hydrogen-bond acceptors (Lipinski definition) is 3. The largest absolute Gasteiger partial charge is 0.479 e. The SMILES string of the molecule is CC(Oc1ccccc1Cl)C(=O)N(C)C1CCCCC1O. The molecular formula is C16H22ClNO3. The molecule has 0 radical (unpaired) electrons. The number of likely N-dealkylation sites (N-methyl/N-ethyl adjacent to an activating group) is 1. The van der Waals surface area contributed by atoms with Gasteiger partial charge in [-0.05, 0) is 31.9 Å². The quantitative estimate of drug-likeness (QED) is 0.930. The summed E-state index contributed by atoms with van der Waals surface area (Å²) in [6, 6.07) is 6.97. The number of carbonyl (C=O) groups excluding carboxylic acids is 1. The van der Waals surface area contributed by atoms with Gasteiger partial charge in [-0.1, -0.05) is 36.6 Å². The number of nitrogens with zero attached hydrogens (tertiary/aromatic N) is 1. The molecule has 1 aliphatic rings. The van der Waals surface area contributed by atoms with Gasteiger partial charge >= 0.3 is 0 Å². The van der Waals surface area contributed by atoms with E-state index in [1.165, 1.54) is 0 Å². The van der Waals surface area contributed by atoms with Gasteiger partial charge in [0.15, 0.2) is 6.10 Å². The summed E-state index contributed by atoms with van der Waals surface area (Å²) in [5, 5.41) is 10.5. The van der Waals surface area contributed by atoms with Gasteiger partial charge in [-0.15, -0.1) is 0 Å². The first kappa shape index (κ1) is 16.1. The Kier molecular flexibility index (Phi) is 5.48. The maximum absolute atomic E-state index is 12.5. The van der Waals surface area contributed by atoms with Gasteiger partial charge in [0.25, 0.3) is 5.91 Å². The molecule has 2 rings (SSSR count). The molecule has 116 valence electrons. The van der Waals surface area contributed by atoms with Crippen LogP contribution in [0.15, 0.2) is 24.3 Å². The van der Waals surface area contributed by atoms with E-state index in [0.717, 1.165) is 25.7 Å². The van der Waals surface area contributed by atoms with Gasteiger partial charge in [0.2, 0.25) is 0 Å². The Bertz CT molecular complexity index is 494. The molecule has 0 aliphatic heterocycles. The van der Waals surface area contributed by atoms with Crippen LogP contribution in [0.25, 0.3) is 0 Å². The average molecular weight is 312 g/mol. The van der Waals surface area contributed by atoms with Crippen molar-refractivity contribution in [3.63, 3.8) is 0 Å². The molecular weight excluding hydrogens is 290 g/mol. The van der Waals surface area contributed by atoms with Crippen LogP contribution in [0.4, 0.5) is 0 Å². The molecule has 21 heavy (non-hydrogen) atoms. The van der Waals surface area contributed by atoms with Crippen molar-refractivity contribution in [2.75, 3.05) is 7.05 Å². The number of benzene rings is 1. The Morgan fingerprint density at radius 2 is 2.05 bits per heavy atom. The summed E-state index contributed by atoms with van der Waals surface area (Å²) in [6.45, 7) is 1.71. The van der Waals surface area contributed by atoms with Gasteiger partial charge in [0.05, 0.1) is 17.2 Å². The topological polar surface area (TPSA) is 49.8 Å². The maximum atomic E-state index is 12.5. The van der Waals surface area contributed by atoms with Crippen molar-refractivity contribution in [2.24, 2.45) is 0 Å². The van der Waals surface area contributed by atoms with Crippen molar-refractivity contribution in [1.82, 2.24) is 4.90 Å². The van der Waals surface area contributed by atoms with E-state index in [1.54, 1.807) is 31.0 Å². The fraction of sp³-hybridized carbons (Fsp3) is 0.562. The molecule has 0 heterocycles. The minimum absolute atomic E-state index is 0.122. The number of aliphatic hydroxyl groups is 1. The molecule has 0 spiro atoms. The third-order valence-corrected chi connectivity index (χ3v) is 4.34. The molecule has 5 heteroatoms. The molecule has 1 fully saturated rings. The van der Waals surface area contributed by atoms with Crippen molar-refractivity contribution in [2.45, 2.75) is 50.9 Å². The van der Waals surface area contributed by atoms with E-state index >= 15 is 0 Å². The van der Waals surface area contributed by atoms with Crippen molar-refractivity contribution >= 4 is 17.5 Å². The molecule has 1 aromatic carbocycles. The normalized spacial score (nSPS) is 23.4. The fourth-order valence-corrected chi connectivity index (χ4v) is 2.96. The van der Waals surface area contributed by atoms with Crippen LogP contribution in [-0.2, 0) is 4.79 Å². The van der Waals surface area contributed by atoms with Gasteiger partial charge in [-0.25, -0.2) is 0 Å². The number of halogens is 1. The zero-order valence-electron chi connectivity index (χ0n) is 12.5. The molecule has 4 nitrogen and oxygen atoms in total. The molecule has 1 N–H and O–H groups in total. The van der Waals surface area contributed by atoms with Gasteiger partial charge in [-0.2, -0.15) is 0 Å². The molecule has 3 unspecified atom stereocenters. The van der Waals surface area contributed by atoms with E-state index in [1.807, 2.05) is 12.1 Å². The highest BCUT2D eigenvalue weighted by atomic mass is 35.5. The zero-order chi connectivity index (χ0) is 15.4. The van der Waals surface area contributed by atoms with Crippen LogP contribution in [0.2, 0.25) is 5.02 Å². The summed E-state index contributed by atoms with van der Waals surface area (Å²) >= 11 is 6.03. The first-order valence-corrected chi connectivity index (χ1v) is 7.74. The Hall–Kier alpha value is -1.26. The lowest BCUT2D eigenvalue weighted by molar-refractivity contribution is -0.142. The number of amides is 1. The lowest BCUT2D eigenvalue weighted by atomic mass is 9.91. The van der Waals surface area contributed by atoms with E-state index in [4.69, 9.17) is 16.3 Å². The van der Waals surface area contributed by atoms with Crippen LogP contribution in [-0.4, -0.2) is 41.2 Å². The van der Waals surface area contributed by atoms with Gasteiger partial charge in [0, 0.05) is 7.05 Å². The first-order valence-electron chi connectivity index (χ1n) is 7.36. The number of para-hydroxylation sites is 1. The first-order chi connectivity index (χ1) is 10.0. The predicted molar refractivity (Wildman–Crippen MR) is 82.6 cm³/mol. The van der Waals surface area contributed by atoms with Gasteiger partial charge in [-0.3, -0.25) is 4.79 Å². The number of rotatable bonds is 4. The molecule has 0 aromatic heterocycles. The van der Waals surface area contributed by atoms with Crippen LogP contribution >= 0.6 is 11.6 Å². The molecule has 0 saturated heterocycles. The number of aliphatic hydroxyl groups excluding tert-OH is 1. The fourth-order valence-electron chi connectivity index (χ4n) is 2.77. The monoisotopic (exact) mass is 311 g/mol. The van der Waals surface area contributed by atoms with E-state index in [2.05, 4.69) is 0 Å². The zero-order valence-corrected chi connectivity index (χ0v) is 13.2. The second-order valence-electron chi connectivity index (χ2n) is 5.56. The highest BCUT2D eigenvalue weighted by Gasteiger charge is 2.32. The summed E-state index contributed by atoms with van der Waals surface area (Å²) < 4.78 is 5.65. The van der Waals surface area contributed by atoms with E-state index in [0.29, 0.717) is 10.8 Å². The van der Waals surface area contributed by atoms with Crippen LogP contribution in [0, 0.1) is 0 Å². The lowest BCUT2D eigenvalue weighted by Gasteiger charge is -2.36. The minimum Gasteiger partial charge on any atom is -0.479 e. The third-order valence-electron chi connectivity index (χ3n) is 4.03. The Labute approximate surface area is 130 Å². The highest BCUT2D eigenvalue weighted by Crippen LogP contribution is 2.26. The van der Waals surface area contributed by atoms with E-state index in [9.17, 15) is 9.90 Å². The van der Waals surface area contributed by atoms with Gasteiger partial charge in [0.1, 0.15) is 5.75 Å². The lowest BCUT2D eigenvalue weighted by Crippen LogP contribution is -2.50. The average Bonchev–Trinajstić information content (AvgIpc) is 2.48. The summed E-state index contributed by atoms with van der Waals surface area (Å²) in [4.78, 5) is 14.1. The standard InChI is InChI=1S/C16H22ClNO3/c1-11(21-15-10-6-3-7-12(15)17)16(20)18(2)13-8-4-5-9-14(13)19/h3,6-7,10-11,13-14,19H,4-5,8-9H2,1-2H3. The Balaban J connectivity index is 2.00. The van der Waals surface area contributed by atoms with Crippen molar-refractivity contribution in [3.05, 3.63) is 29.3 Å². The van der Waals surface area contributed by atoms with E-state index < -0.39 is 12.2 Å². The number of ether oxygens (including phenoxy) is 1. The van der Waals surface area contributed by atoms with Crippen LogP contribution < -0.4 is 4.74 Å². The van der Waals surface area contributed by atoms with Gasteiger partial charge < -0.3 is 14.7 Å². The second-order valence-corrected chi connectivity index (χ2v) is 5.97. The minimum atomic E-state index is -0.635. The van der Waals surface area contributed by atoms with Crippen LogP contribution in [0.5, 0.6) is 5.75 Å². The summed E-state index contributed by atoms with van der Waals surface area (Å²) in [5.74, 6) is 0.360. The van der Waals surface area contributed by atoms with Crippen molar-refractivity contribution < 1.29 is 14.6 Å². The summed E-state index contributed by atoms with van der Waals surface area (Å²) in [5.41, 5.74) is 0. The van der Waals surface area contributed by atoms with Crippen LogP contribution in [0.1, 0.15) is 32.6 Å². The maximum Gasteiger partial charge on any atom is 0.263 e. The van der Waals surface area contributed by atoms with Crippen molar-refractivity contribution in [1.29, 1.82) is 0 Å². The Morgan fingerprint density at radius 3 is 2.71 bits per heavy atom. The van der Waals surface area contributed by atoms with Crippen molar-refractivity contribution in [3.8, 4) is 5.75 Å². The summed E-state index contributed by atoms with van der Waals surface area (Å²) in [6.07, 6.45) is 2.57. The second kappa shape index (κ2) is 7.14. The molecule has 1 aliphatic carbocycles. The molecule has 0 bridgehead atoms. The molecule has 1 aromatic rings. The predicted octanol–water partition coefficient (Wildman–Crippen LogP) is 2.87. The number of hydrogen-bond donors (Lipinski definition) is 1. The molecule has 3 atom stereocenters. The molecule has 1 saturated carbocycles. The van der Waals surface area contributed by atoms with E-state index in [-0.39, 0.29) is 11.9 Å². The smallest absolute Gasteiger partial charge is 0.263 e.